The zero-order valence-corrected chi connectivity index (χ0v) is 20.9. The molecule has 31 heavy (non-hydrogen) atoms. The molecule has 0 spiro atoms. The van der Waals surface area contributed by atoms with Gasteiger partial charge in [0.25, 0.3) is 0 Å². The number of ether oxygens (including phenoxy) is 1. The topological polar surface area (TPSA) is 74.2 Å². The first-order valence-electron chi connectivity index (χ1n) is 9.11. The van der Waals surface area contributed by atoms with E-state index in [0.717, 1.165) is 5.56 Å². The van der Waals surface area contributed by atoms with Crippen LogP contribution in [0.1, 0.15) is 11.1 Å². The quantitative estimate of drug-likeness (QED) is 0.301. The SMILES string of the molecule is CN=C(NCc1ccccc1S(=O)(=O)N(C)C)N(C)Cc1ccc(OC(F)F)cc1.I. The third-order valence-electron chi connectivity index (χ3n) is 4.31. The largest absolute Gasteiger partial charge is 0.435 e. The van der Waals surface area contributed by atoms with Crippen molar-refractivity contribution in [1.29, 1.82) is 0 Å². The van der Waals surface area contributed by atoms with E-state index in [2.05, 4.69) is 15.0 Å². The Morgan fingerprint density at radius 2 is 1.71 bits per heavy atom. The van der Waals surface area contributed by atoms with Crippen LogP contribution in [-0.4, -0.2) is 58.4 Å². The van der Waals surface area contributed by atoms with E-state index < -0.39 is 16.6 Å². The van der Waals surface area contributed by atoms with Crippen LogP contribution in [0.15, 0.2) is 58.4 Å². The molecular formula is C20H27F2IN4O3S. The molecule has 0 aromatic heterocycles. The first-order chi connectivity index (χ1) is 14.1. The number of aliphatic imine (C=N–C) groups is 1. The minimum Gasteiger partial charge on any atom is -0.435 e. The van der Waals surface area contributed by atoms with Crippen molar-refractivity contribution in [3.05, 3.63) is 59.7 Å². The van der Waals surface area contributed by atoms with Crippen molar-refractivity contribution >= 4 is 40.0 Å². The molecular weight excluding hydrogens is 541 g/mol. The molecule has 0 amide bonds. The molecule has 0 radical (unpaired) electrons. The highest BCUT2D eigenvalue weighted by molar-refractivity contribution is 14.0. The van der Waals surface area contributed by atoms with Crippen molar-refractivity contribution in [3.8, 4) is 5.75 Å². The number of halogens is 3. The lowest BCUT2D eigenvalue weighted by molar-refractivity contribution is -0.0498. The van der Waals surface area contributed by atoms with E-state index >= 15 is 0 Å². The van der Waals surface area contributed by atoms with Crippen molar-refractivity contribution < 1.29 is 21.9 Å². The lowest BCUT2D eigenvalue weighted by Crippen LogP contribution is -2.38. The fourth-order valence-electron chi connectivity index (χ4n) is 2.78. The third-order valence-corrected chi connectivity index (χ3v) is 6.23. The van der Waals surface area contributed by atoms with E-state index in [4.69, 9.17) is 0 Å². The number of hydrogen-bond acceptors (Lipinski definition) is 4. The van der Waals surface area contributed by atoms with Gasteiger partial charge in [-0.2, -0.15) is 8.78 Å². The molecule has 1 N–H and O–H groups in total. The van der Waals surface area contributed by atoms with Crippen LogP contribution in [0.25, 0.3) is 0 Å². The highest BCUT2D eigenvalue weighted by atomic mass is 127. The Kier molecular flexibility index (Phi) is 10.6. The Balaban J connectivity index is 0.00000480. The summed E-state index contributed by atoms with van der Waals surface area (Å²) >= 11 is 0. The Labute approximate surface area is 199 Å². The van der Waals surface area contributed by atoms with Gasteiger partial charge in [-0.1, -0.05) is 30.3 Å². The Morgan fingerprint density at radius 1 is 1.10 bits per heavy atom. The van der Waals surface area contributed by atoms with E-state index in [1.807, 2.05) is 11.9 Å². The minimum absolute atomic E-state index is 0. The molecule has 172 valence electrons. The molecule has 0 saturated carbocycles. The van der Waals surface area contributed by atoms with Gasteiger partial charge in [-0.05, 0) is 29.3 Å². The van der Waals surface area contributed by atoms with E-state index in [1.165, 1.54) is 30.5 Å². The highest BCUT2D eigenvalue weighted by Crippen LogP contribution is 2.19. The minimum atomic E-state index is -3.57. The molecule has 0 saturated heterocycles. The van der Waals surface area contributed by atoms with Gasteiger partial charge in [0, 0.05) is 41.3 Å². The number of rotatable bonds is 8. The second kappa shape index (κ2) is 12.2. The zero-order chi connectivity index (χ0) is 22.3. The predicted molar refractivity (Wildman–Crippen MR) is 127 cm³/mol. The third kappa shape index (κ3) is 7.58. The molecule has 0 fully saturated rings. The zero-order valence-electron chi connectivity index (χ0n) is 17.7. The molecule has 0 aliphatic heterocycles. The van der Waals surface area contributed by atoms with Crippen LogP contribution in [0, 0.1) is 0 Å². The van der Waals surface area contributed by atoms with Gasteiger partial charge in [0.05, 0.1) is 4.90 Å². The summed E-state index contributed by atoms with van der Waals surface area (Å²) < 4.78 is 55.1. The molecule has 2 aromatic rings. The summed E-state index contributed by atoms with van der Waals surface area (Å²) in [7, 11) is 2.86. The van der Waals surface area contributed by atoms with Gasteiger partial charge < -0.3 is 15.0 Å². The highest BCUT2D eigenvalue weighted by Gasteiger charge is 2.21. The van der Waals surface area contributed by atoms with Crippen LogP contribution < -0.4 is 10.1 Å². The lowest BCUT2D eigenvalue weighted by atomic mass is 10.2. The van der Waals surface area contributed by atoms with Gasteiger partial charge in [0.1, 0.15) is 5.75 Å². The molecule has 11 heteroatoms. The fraction of sp³-hybridized carbons (Fsp3) is 0.350. The molecule has 0 unspecified atom stereocenters. The Morgan fingerprint density at radius 3 is 2.26 bits per heavy atom. The Bertz CT molecular complexity index is 971. The van der Waals surface area contributed by atoms with Crippen LogP contribution in [0.5, 0.6) is 5.75 Å². The van der Waals surface area contributed by atoms with Gasteiger partial charge in [0.15, 0.2) is 5.96 Å². The van der Waals surface area contributed by atoms with E-state index in [9.17, 15) is 17.2 Å². The summed E-state index contributed by atoms with van der Waals surface area (Å²) in [5, 5.41) is 3.16. The average molecular weight is 568 g/mol. The van der Waals surface area contributed by atoms with Crippen LogP contribution in [-0.2, 0) is 23.1 Å². The summed E-state index contributed by atoms with van der Waals surface area (Å²) in [6.45, 7) is -2.13. The van der Waals surface area contributed by atoms with Crippen molar-refractivity contribution in [2.45, 2.75) is 24.6 Å². The number of nitrogens with one attached hydrogen (secondary N) is 1. The van der Waals surface area contributed by atoms with Gasteiger partial charge in [0.2, 0.25) is 10.0 Å². The average Bonchev–Trinajstić information content (AvgIpc) is 2.69. The van der Waals surface area contributed by atoms with Crippen molar-refractivity contribution in [2.24, 2.45) is 4.99 Å². The molecule has 0 atom stereocenters. The summed E-state index contributed by atoms with van der Waals surface area (Å²) in [5.74, 6) is 0.651. The van der Waals surface area contributed by atoms with E-state index in [0.29, 0.717) is 18.1 Å². The van der Waals surface area contributed by atoms with Gasteiger partial charge in [-0.3, -0.25) is 4.99 Å². The van der Waals surface area contributed by atoms with E-state index in [-0.39, 0.29) is 41.2 Å². The molecule has 0 bridgehead atoms. The van der Waals surface area contributed by atoms with Gasteiger partial charge in [-0.25, -0.2) is 12.7 Å². The second-order valence-electron chi connectivity index (χ2n) is 6.67. The number of nitrogens with zero attached hydrogens (tertiary/aromatic N) is 3. The van der Waals surface area contributed by atoms with Gasteiger partial charge in [-0.15, -0.1) is 24.0 Å². The monoisotopic (exact) mass is 568 g/mol. The van der Waals surface area contributed by atoms with Crippen LogP contribution in [0.3, 0.4) is 0 Å². The summed E-state index contributed by atoms with van der Waals surface area (Å²) in [5.41, 5.74) is 1.49. The lowest BCUT2D eigenvalue weighted by Gasteiger charge is -2.23. The normalized spacial score (nSPS) is 11.9. The summed E-state index contributed by atoms with van der Waals surface area (Å²) in [6, 6.07) is 13.1. The summed E-state index contributed by atoms with van der Waals surface area (Å²) in [4.78, 5) is 6.30. The Hall–Kier alpha value is -1.99. The van der Waals surface area contributed by atoms with Crippen LogP contribution in [0.4, 0.5) is 8.78 Å². The molecule has 2 aromatic carbocycles. The predicted octanol–water partition coefficient (Wildman–Crippen LogP) is 3.36. The maximum Gasteiger partial charge on any atom is 0.387 e. The number of hydrogen-bond donors (Lipinski definition) is 1. The first kappa shape index (κ1) is 27.0. The fourth-order valence-corrected chi connectivity index (χ4v) is 3.90. The second-order valence-corrected chi connectivity index (χ2v) is 8.79. The van der Waals surface area contributed by atoms with Crippen molar-refractivity contribution in [3.63, 3.8) is 0 Å². The molecule has 0 aliphatic rings. The maximum atomic E-state index is 12.5. The summed E-state index contributed by atoms with van der Waals surface area (Å²) in [6.07, 6.45) is 0. The molecule has 0 heterocycles. The molecule has 2 rings (SSSR count). The number of sulfonamides is 1. The van der Waals surface area contributed by atoms with Crippen molar-refractivity contribution in [1.82, 2.24) is 14.5 Å². The van der Waals surface area contributed by atoms with Crippen LogP contribution >= 0.6 is 24.0 Å². The standard InChI is InChI=1S/C20H26F2N4O3S.HI/c1-23-20(26(4)14-15-9-11-17(12-10-15)29-19(21)22)24-13-16-7-5-6-8-18(16)30(27,28)25(2)3;/h5-12,19H,13-14H2,1-4H3,(H,23,24);1H. The number of benzene rings is 2. The molecule has 0 aliphatic carbocycles. The van der Waals surface area contributed by atoms with Crippen LogP contribution in [0.2, 0.25) is 0 Å². The van der Waals surface area contributed by atoms with Crippen molar-refractivity contribution in [2.75, 3.05) is 28.2 Å². The number of guanidine groups is 1. The molecule has 7 nitrogen and oxygen atoms in total. The van der Waals surface area contributed by atoms with Gasteiger partial charge >= 0.3 is 6.61 Å². The number of alkyl halides is 2. The smallest absolute Gasteiger partial charge is 0.387 e. The van der Waals surface area contributed by atoms with E-state index in [1.54, 1.807) is 43.4 Å². The first-order valence-corrected chi connectivity index (χ1v) is 10.5. The maximum absolute atomic E-state index is 12.5.